The van der Waals surface area contributed by atoms with Crippen LogP contribution in [-0.4, -0.2) is 31.6 Å². The van der Waals surface area contributed by atoms with Gasteiger partial charge in [0, 0.05) is 5.69 Å². The molecule has 0 fully saturated rings. The number of esters is 1. The van der Waals surface area contributed by atoms with Gasteiger partial charge in [-0.3, -0.25) is 4.79 Å². The fraction of sp³-hybridized carbons (Fsp3) is 0.364. The van der Waals surface area contributed by atoms with Crippen molar-refractivity contribution in [2.45, 2.75) is 27.2 Å². The van der Waals surface area contributed by atoms with Gasteiger partial charge in [-0.25, -0.2) is 4.79 Å². The first-order chi connectivity index (χ1) is 13.5. The van der Waals surface area contributed by atoms with Crippen molar-refractivity contribution < 1.29 is 19.1 Å². The van der Waals surface area contributed by atoms with Crippen molar-refractivity contribution in [3.63, 3.8) is 0 Å². The molecule has 2 rings (SSSR count). The minimum Gasteiger partial charge on any atom is -0.491 e. The summed E-state index contributed by atoms with van der Waals surface area (Å²) < 4.78 is 10.9. The van der Waals surface area contributed by atoms with Crippen LogP contribution in [0.25, 0.3) is 0 Å². The van der Waals surface area contributed by atoms with Crippen molar-refractivity contribution in [2.75, 3.05) is 30.4 Å². The highest BCUT2D eigenvalue weighted by atomic mass is 16.5. The Hall–Kier alpha value is -3.02. The lowest BCUT2D eigenvalue weighted by molar-refractivity contribution is -0.114. The minimum atomic E-state index is -0.362. The van der Waals surface area contributed by atoms with Gasteiger partial charge in [0.15, 0.2) is 0 Å². The van der Waals surface area contributed by atoms with E-state index in [1.165, 1.54) is 0 Å². The van der Waals surface area contributed by atoms with E-state index < -0.39 is 0 Å². The van der Waals surface area contributed by atoms with Gasteiger partial charge in [-0.05, 0) is 48.7 Å². The van der Waals surface area contributed by atoms with Gasteiger partial charge in [-0.1, -0.05) is 32.9 Å². The quantitative estimate of drug-likeness (QED) is 0.596. The summed E-state index contributed by atoms with van der Waals surface area (Å²) in [7, 11) is 0. The Morgan fingerprint density at radius 1 is 1.04 bits per heavy atom. The van der Waals surface area contributed by atoms with Crippen molar-refractivity contribution in [1.82, 2.24) is 0 Å². The van der Waals surface area contributed by atoms with E-state index in [-0.39, 0.29) is 18.4 Å². The van der Waals surface area contributed by atoms with Crippen molar-refractivity contribution in [3.8, 4) is 5.75 Å². The van der Waals surface area contributed by atoms with Crippen LogP contribution in [-0.2, 0) is 9.53 Å². The zero-order valence-electron chi connectivity index (χ0n) is 16.7. The SMILES string of the molecule is CCCOC(=O)c1ccc(NC(=O)CNc2ccccc2OCC(C)C)cc1. The molecule has 150 valence electrons. The molecule has 6 nitrogen and oxygen atoms in total. The van der Waals surface area contributed by atoms with Crippen LogP contribution in [0.4, 0.5) is 11.4 Å². The van der Waals surface area contributed by atoms with Crippen molar-refractivity contribution >= 4 is 23.3 Å². The Bertz CT molecular complexity index is 772. The standard InChI is InChI=1S/C22H28N2O4/c1-4-13-27-22(26)17-9-11-18(12-10-17)24-21(25)14-23-19-7-5-6-8-20(19)28-15-16(2)3/h5-12,16,23H,4,13-15H2,1-3H3,(H,24,25). The average molecular weight is 384 g/mol. The fourth-order valence-corrected chi connectivity index (χ4v) is 2.34. The maximum absolute atomic E-state index is 12.2. The summed E-state index contributed by atoms with van der Waals surface area (Å²) >= 11 is 0. The van der Waals surface area contributed by atoms with E-state index in [0.717, 1.165) is 17.9 Å². The molecule has 0 aliphatic carbocycles. The highest BCUT2D eigenvalue weighted by Crippen LogP contribution is 2.24. The number of benzene rings is 2. The summed E-state index contributed by atoms with van der Waals surface area (Å²) in [5, 5.41) is 5.90. The lowest BCUT2D eigenvalue weighted by Crippen LogP contribution is -2.22. The van der Waals surface area contributed by atoms with Gasteiger partial charge in [0.05, 0.1) is 31.0 Å². The summed E-state index contributed by atoms with van der Waals surface area (Å²) in [6, 6.07) is 14.2. The molecular weight excluding hydrogens is 356 g/mol. The first-order valence-electron chi connectivity index (χ1n) is 9.52. The lowest BCUT2D eigenvalue weighted by atomic mass is 10.2. The third-order valence-corrected chi connectivity index (χ3v) is 3.74. The van der Waals surface area contributed by atoms with E-state index in [4.69, 9.17) is 9.47 Å². The molecule has 0 aromatic heterocycles. The van der Waals surface area contributed by atoms with Crippen LogP contribution in [0.3, 0.4) is 0 Å². The molecule has 0 saturated heterocycles. The number of hydrogen-bond donors (Lipinski definition) is 2. The number of carbonyl (C=O) groups excluding carboxylic acids is 2. The van der Waals surface area contributed by atoms with Crippen LogP contribution in [0.2, 0.25) is 0 Å². The van der Waals surface area contributed by atoms with Gasteiger partial charge < -0.3 is 20.1 Å². The second-order valence-electron chi connectivity index (χ2n) is 6.82. The topological polar surface area (TPSA) is 76.7 Å². The molecule has 28 heavy (non-hydrogen) atoms. The second-order valence-corrected chi connectivity index (χ2v) is 6.82. The Balaban J connectivity index is 1.87. The molecule has 0 bridgehead atoms. The lowest BCUT2D eigenvalue weighted by Gasteiger charge is -2.14. The normalized spacial score (nSPS) is 10.4. The molecule has 0 atom stereocenters. The number of hydrogen-bond acceptors (Lipinski definition) is 5. The van der Waals surface area contributed by atoms with Gasteiger partial charge in [0.2, 0.25) is 5.91 Å². The number of nitrogens with one attached hydrogen (secondary N) is 2. The van der Waals surface area contributed by atoms with Crippen molar-refractivity contribution in [1.29, 1.82) is 0 Å². The molecule has 0 radical (unpaired) electrons. The second kappa shape index (κ2) is 11.0. The molecular formula is C22H28N2O4. The van der Waals surface area contributed by atoms with Crippen LogP contribution in [0.5, 0.6) is 5.75 Å². The summed E-state index contributed by atoms with van der Waals surface area (Å²) in [6.45, 7) is 7.21. The van der Waals surface area contributed by atoms with Gasteiger partial charge in [-0.15, -0.1) is 0 Å². The van der Waals surface area contributed by atoms with Gasteiger partial charge in [0.1, 0.15) is 5.75 Å². The minimum absolute atomic E-state index is 0.0995. The van der Waals surface area contributed by atoms with E-state index in [0.29, 0.717) is 30.4 Å². The Labute approximate surface area is 166 Å². The molecule has 0 aliphatic rings. The predicted molar refractivity (Wildman–Crippen MR) is 111 cm³/mol. The van der Waals surface area contributed by atoms with E-state index >= 15 is 0 Å². The van der Waals surface area contributed by atoms with Crippen LogP contribution in [0.15, 0.2) is 48.5 Å². The predicted octanol–water partition coefficient (Wildman–Crippen LogP) is 4.34. The van der Waals surface area contributed by atoms with Crippen molar-refractivity contribution in [3.05, 3.63) is 54.1 Å². The highest BCUT2D eigenvalue weighted by molar-refractivity contribution is 5.95. The molecule has 0 heterocycles. The van der Waals surface area contributed by atoms with Gasteiger partial charge in [0.25, 0.3) is 0 Å². The Kier molecular flexibility index (Phi) is 8.34. The van der Waals surface area contributed by atoms with E-state index in [1.54, 1.807) is 24.3 Å². The zero-order valence-corrected chi connectivity index (χ0v) is 16.7. The van der Waals surface area contributed by atoms with Crippen LogP contribution in [0, 0.1) is 5.92 Å². The van der Waals surface area contributed by atoms with Gasteiger partial charge >= 0.3 is 5.97 Å². The summed E-state index contributed by atoms with van der Waals surface area (Å²) in [5.74, 6) is 0.580. The van der Waals surface area contributed by atoms with Crippen LogP contribution >= 0.6 is 0 Å². The number of rotatable bonds is 10. The summed E-state index contributed by atoms with van der Waals surface area (Å²) in [4.78, 5) is 24.0. The smallest absolute Gasteiger partial charge is 0.338 e. The van der Waals surface area contributed by atoms with Crippen molar-refractivity contribution in [2.24, 2.45) is 5.92 Å². The Morgan fingerprint density at radius 3 is 2.43 bits per heavy atom. The van der Waals surface area contributed by atoms with Crippen LogP contribution in [0.1, 0.15) is 37.6 Å². The number of ether oxygens (including phenoxy) is 2. The molecule has 2 aromatic rings. The molecule has 2 N–H and O–H groups in total. The first kappa shape index (κ1) is 21.3. The maximum atomic E-state index is 12.2. The summed E-state index contributed by atoms with van der Waals surface area (Å²) in [5.41, 5.74) is 1.84. The third-order valence-electron chi connectivity index (χ3n) is 3.74. The van der Waals surface area contributed by atoms with Crippen LogP contribution < -0.4 is 15.4 Å². The Morgan fingerprint density at radius 2 is 1.75 bits per heavy atom. The maximum Gasteiger partial charge on any atom is 0.338 e. The molecule has 0 unspecified atom stereocenters. The molecule has 0 spiro atoms. The number of carbonyl (C=O) groups is 2. The van der Waals surface area contributed by atoms with E-state index in [9.17, 15) is 9.59 Å². The molecule has 2 aromatic carbocycles. The fourth-order valence-electron chi connectivity index (χ4n) is 2.34. The van der Waals surface area contributed by atoms with E-state index in [1.807, 2.05) is 31.2 Å². The monoisotopic (exact) mass is 384 g/mol. The highest BCUT2D eigenvalue weighted by Gasteiger charge is 2.09. The molecule has 0 saturated carbocycles. The largest absolute Gasteiger partial charge is 0.491 e. The van der Waals surface area contributed by atoms with Gasteiger partial charge in [-0.2, -0.15) is 0 Å². The zero-order chi connectivity index (χ0) is 20.4. The number of amides is 1. The number of para-hydroxylation sites is 2. The average Bonchev–Trinajstić information content (AvgIpc) is 2.70. The summed E-state index contributed by atoms with van der Waals surface area (Å²) in [6.07, 6.45) is 0.776. The number of anilines is 2. The first-order valence-corrected chi connectivity index (χ1v) is 9.52. The molecule has 6 heteroatoms. The molecule has 0 aliphatic heterocycles. The molecule has 1 amide bonds. The van der Waals surface area contributed by atoms with E-state index in [2.05, 4.69) is 24.5 Å². The third kappa shape index (κ3) is 6.95.